The Balaban J connectivity index is 1.67. The van der Waals surface area contributed by atoms with Crippen molar-refractivity contribution < 1.29 is 9.59 Å². The van der Waals surface area contributed by atoms with Crippen molar-refractivity contribution in [3.63, 3.8) is 0 Å². The van der Waals surface area contributed by atoms with Gasteiger partial charge in [-0.2, -0.15) is 5.10 Å². The zero-order valence-electron chi connectivity index (χ0n) is 12.5. The maximum atomic E-state index is 12.2. The van der Waals surface area contributed by atoms with Crippen LogP contribution in [0.25, 0.3) is 5.69 Å². The van der Waals surface area contributed by atoms with Gasteiger partial charge < -0.3 is 4.90 Å². The summed E-state index contributed by atoms with van der Waals surface area (Å²) in [6.45, 7) is 0.384. The molecule has 0 aliphatic heterocycles. The molecule has 23 heavy (non-hydrogen) atoms. The van der Waals surface area contributed by atoms with E-state index in [1.807, 2.05) is 36.5 Å². The molecule has 0 unspecified atom stereocenters. The molecule has 0 N–H and O–H groups in total. The van der Waals surface area contributed by atoms with E-state index in [0.717, 1.165) is 11.3 Å². The predicted molar refractivity (Wildman–Crippen MR) is 88.7 cm³/mol. The first-order valence-electron chi connectivity index (χ1n) is 7.07. The average Bonchev–Trinajstić information content (AvgIpc) is 3.27. The second kappa shape index (κ2) is 6.58. The van der Waals surface area contributed by atoms with E-state index in [9.17, 15) is 9.59 Å². The number of ketones is 1. The van der Waals surface area contributed by atoms with Crippen molar-refractivity contribution in [2.75, 3.05) is 7.05 Å². The summed E-state index contributed by atoms with van der Waals surface area (Å²) >= 11 is 1.28. The number of carbonyl (C=O) groups is 2. The van der Waals surface area contributed by atoms with E-state index in [0.29, 0.717) is 11.4 Å². The van der Waals surface area contributed by atoms with Crippen molar-refractivity contribution in [2.24, 2.45) is 0 Å². The first-order chi connectivity index (χ1) is 11.1. The van der Waals surface area contributed by atoms with Gasteiger partial charge in [0.05, 0.1) is 10.6 Å². The number of amides is 1. The number of rotatable bonds is 5. The van der Waals surface area contributed by atoms with Gasteiger partial charge in [-0.05, 0) is 35.2 Å². The molecule has 2 heterocycles. The molecule has 5 nitrogen and oxygen atoms in total. The maximum absolute atomic E-state index is 12.2. The van der Waals surface area contributed by atoms with Gasteiger partial charge in [-0.15, -0.1) is 11.3 Å². The standard InChI is InChI=1S/C17H15N3O2S/c1-19(17(22)16(21)15-4-2-11-23-15)12-13-5-7-14(8-6-13)20-10-3-9-18-20/h2-11H,12H2,1H3. The molecule has 0 saturated carbocycles. The smallest absolute Gasteiger partial charge is 0.295 e. The molecule has 1 amide bonds. The fourth-order valence-electron chi connectivity index (χ4n) is 2.21. The Morgan fingerprint density at radius 3 is 2.57 bits per heavy atom. The number of hydrogen-bond donors (Lipinski definition) is 0. The largest absolute Gasteiger partial charge is 0.335 e. The van der Waals surface area contributed by atoms with Gasteiger partial charge in [-0.25, -0.2) is 4.68 Å². The number of aromatic nitrogens is 2. The minimum atomic E-state index is -0.497. The Bertz CT molecular complexity index is 793. The Morgan fingerprint density at radius 1 is 1.17 bits per heavy atom. The molecule has 116 valence electrons. The minimum Gasteiger partial charge on any atom is -0.335 e. The van der Waals surface area contributed by atoms with E-state index in [-0.39, 0.29) is 0 Å². The summed E-state index contributed by atoms with van der Waals surface area (Å²) in [5, 5.41) is 5.95. The van der Waals surface area contributed by atoms with Crippen LogP contribution in [0.2, 0.25) is 0 Å². The molecule has 0 atom stereocenters. The fraction of sp³-hybridized carbons (Fsp3) is 0.118. The molecule has 0 aliphatic carbocycles. The monoisotopic (exact) mass is 325 g/mol. The summed E-state index contributed by atoms with van der Waals surface area (Å²) in [5.74, 6) is -0.959. The van der Waals surface area contributed by atoms with Crippen LogP contribution in [0.15, 0.2) is 60.2 Å². The third kappa shape index (κ3) is 3.37. The molecule has 0 spiro atoms. The lowest BCUT2D eigenvalue weighted by Gasteiger charge is -2.16. The van der Waals surface area contributed by atoms with Gasteiger partial charge in [0, 0.05) is 26.0 Å². The van der Waals surface area contributed by atoms with Gasteiger partial charge in [0.25, 0.3) is 11.7 Å². The third-order valence-corrected chi connectivity index (χ3v) is 4.28. The van der Waals surface area contributed by atoms with Crippen LogP contribution in [0.1, 0.15) is 15.2 Å². The summed E-state index contributed by atoms with van der Waals surface area (Å²) in [6.07, 6.45) is 3.58. The topological polar surface area (TPSA) is 55.2 Å². The summed E-state index contributed by atoms with van der Waals surface area (Å²) in [7, 11) is 1.63. The zero-order valence-corrected chi connectivity index (χ0v) is 13.4. The lowest BCUT2D eigenvalue weighted by Crippen LogP contribution is -2.32. The van der Waals surface area contributed by atoms with E-state index in [1.54, 1.807) is 35.4 Å². The number of likely N-dealkylation sites (N-methyl/N-ethyl adjacent to an activating group) is 1. The number of nitrogens with zero attached hydrogens (tertiary/aromatic N) is 3. The van der Waals surface area contributed by atoms with Crippen LogP contribution in [-0.2, 0) is 11.3 Å². The van der Waals surface area contributed by atoms with Gasteiger partial charge in [0.15, 0.2) is 0 Å². The second-order valence-electron chi connectivity index (χ2n) is 5.08. The molecular formula is C17H15N3O2S. The second-order valence-corrected chi connectivity index (χ2v) is 6.03. The third-order valence-electron chi connectivity index (χ3n) is 3.41. The lowest BCUT2D eigenvalue weighted by atomic mass is 10.2. The van der Waals surface area contributed by atoms with Crippen molar-refractivity contribution in [2.45, 2.75) is 6.54 Å². The van der Waals surface area contributed by atoms with Crippen molar-refractivity contribution in [3.8, 4) is 5.69 Å². The Morgan fingerprint density at radius 2 is 1.96 bits per heavy atom. The molecule has 0 radical (unpaired) electrons. The zero-order chi connectivity index (χ0) is 16.2. The normalized spacial score (nSPS) is 10.5. The molecule has 0 aliphatic rings. The van der Waals surface area contributed by atoms with Gasteiger partial charge >= 0.3 is 0 Å². The van der Waals surface area contributed by atoms with Gasteiger partial charge in [-0.1, -0.05) is 18.2 Å². The fourth-order valence-corrected chi connectivity index (χ4v) is 2.86. The van der Waals surface area contributed by atoms with Crippen LogP contribution in [-0.4, -0.2) is 33.4 Å². The van der Waals surface area contributed by atoms with Crippen molar-refractivity contribution >= 4 is 23.0 Å². The summed E-state index contributed by atoms with van der Waals surface area (Å²) in [5.41, 5.74) is 1.90. The van der Waals surface area contributed by atoms with E-state index < -0.39 is 11.7 Å². The van der Waals surface area contributed by atoms with Crippen LogP contribution < -0.4 is 0 Å². The van der Waals surface area contributed by atoms with Crippen LogP contribution in [0.4, 0.5) is 0 Å². The Kier molecular flexibility index (Phi) is 4.34. The summed E-state index contributed by atoms with van der Waals surface area (Å²) < 4.78 is 1.76. The number of carbonyl (C=O) groups excluding carboxylic acids is 2. The van der Waals surface area contributed by atoms with Crippen LogP contribution >= 0.6 is 11.3 Å². The summed E-state index contributed by atoms with van der Waals surface area (Å²) in [6, 6.07) is 13.0. The van der Waals surface area contributed by atoms with Gasteiger partial charge in [0.2, 0.25) is 0 Å². The highest BCUT2D eigenvalue weighted by molar-refractivity contribution is 7.12. The number of hydrogen-bond acceptors (Lipinski definition) is 4. The molecule has 3 rings (SSSR count). The van der Waals surface area contributed by atoms with Gasteiger partial charge in [-0.3, -0.25) is 9.59 Å². The van der Waals surface area contributed by atoms with Crippen molar-refractivity contribution in [3.05, 3.63) is 70.7 Å². The van der Waals surface area contributed by atoms with E-state index >= 15 is 0 Å². The SMILES string of the molecule is CN(Cc1ccc(-n2cccn2)cc1)C(=O)C(=O)c1cccs1. The molecule has 1 aromatic carbocycles. The lowest BCUT2D eigenvalue weighted by molar-refractivity contribution is -0.125. The highest BCUT2D eigenvalue weighted by atomic mass is 32.1. The number of Topliss-reactive ketones (excluding diaryl/α,β-unsaturated/α-hetero) is 1. The van der Waals surface area contributed by atoms with Gasteiger partial charge in [0.1, 0.15) is 0 Å². The van der Waals surface area contributed by atoms with Crippen molar-refractivity contribution in [1.29, 1.82) is 0 Å². The van der Waals surface area contributed by atoms with Crippen LogP contribution in [0.5, 0.6) is 0 Å². The molecule has 2 aromatic heterocycles. The minimum absolute atomic E-state index is 0.384. The molecule has 0 fully saturated rings. The quantitative estimate of drug-likeness (QED) is 0.535. The molecule has 0 saturated heterocycles. The maximum Gasteiger partial charge on any atom is 0.295 e. The first-order valence-corrected chi connectivity index (χ1v) is 7.95. The highest BCUT2D eigenvalue weighted by Gasteiger charge is 2.21. The summed E-state index contributed by atoms with van der Waals surface area (Å²) in [4.78, 5) is 26.1. The van der Waals surface area contributed by atoms with Crippen molar-refractivity contribution in [1.82, 2.24) is 14.7 Å². The number of benzene rings is 1. The van der Waals surface area contributed by atoms with E-state index in [1.165, 1.54) is 16.2 Å². The highest BCUT2D eigenvalue weighted by Crippen LogP contribution is 2.13. The predicted octanol–water partition coefficient (Wildman–Crippen LogP) is 2.78. The van der Waals surface area contributed by atoms with E-state index in [4.69, 9.17) is 0 Å². The molecule has 0 bridgehead atoms. The van der Waals surface area contributed by atoms with E-state index in [2.05, 4.69) is 5.10 Å². The molecular weight excluding hydrogens is 310 g/mol. The Hall–Kier alpha value is -2.73. The first kappa shape index (κ1) is 15.2. The van der Waals surface area contributed by atoms with Crippen LogP contribution in [0.3, 0.4) is 0 Å². The molecule has 3 aromatic rings. The number of thiophene rings is 1. The average molecular weight is 325 g/mol. The molecule has 6 heteroatoms. The Labute approximate surface area is 137 Å². The van der Waals surface area contributed by atoms with Crippen LogP contribution in [0, 0.1) is 0 Å².